The van der Waals surface area contributed by atoms with Crippen LogP contribution in [0.2, 0.25) is 0 Å². The highest BCUT2D eigenvalue weighted by molar-refractivity contribution is 9.10. The standard InChI is InChI=1S/C22H31BrN2O6/c1-5-10-31-20-17(23)11-16(12-18(20)29-4)21(27)24(3)14-19(26)25-9-7-8-15(13-25)22(28)30-6-2/h11-12,15H,5-10,13-14H2,1-4H3. The third-order valence-electron chi connectivity index (χ3n) is 5.04. The smallest absolute Gasteiger partial charge is 0.310 e. The number of carbonyl (C=O) groups is 3. The van der Waals surface area contributed by atoms with Crippen molar-refractivity contribution in [2.75, 3.05) is 47.0 Å². The van der Waals surface area contributed by atoms with Crippen LogP contribution in [-0.2, 0) is 14.3 Å². The lowest BCUT2D eigenvalue weighted by Crippen LogP contribution is -2.47. The molecule has 8 nitrogen and oxygen atoms in total. The Morgan fingerprint density at radius 3 is 2.65 bits per heavy atom. The predicted octanol–water partition coefficient (Wildman–Crippen LogP) is 3.12. The Morgan fingerprint density at radius 1 is 1.26 bits per heavy atom. The third-order valence-corrected chi connectivity index (χ3v) is 5.63. The molecule has 0 aliphatic carbocycles. The molecule has 0 spiro atoms. The van der Waals surface area contributed by atoms with Crippen LogP contribution in [0.5, 0.6) is 11.5 Å². The van der Waals surface area contributed by atoms with Gasteiger partial charge in [0.2, 0.25) is 5.91 Å². The Hall–Kier alpha value is -2.29. The molecule has 0 saturated carbocycles. The Bertz CT molecular complexity index is 800. The summed E-state index contributed by atoms with van der Waals surface area (Å²) in [5.74, 6) is -0.106. The minimum Gasteiger partial charge on any atom is -0.493 e. The fourth-order valence-corrected chi connectivity index (χ4v) is 4.00. The fraction of sp³-hybridized carbons (Fsp3) is 0.591. The van der Waals surface area contributed by atoms with Gasteiger partial charge in [-0.1, -0.05) is 6.92 Å². The normalized spacial score (nSPS) is 15.9. The van der Waals surface area contributed by atoms with E-state index in [1.807, 2.05) is 6.92 Å². The van der Waals surface area contributed by atoms with Gasteiger partial charge in [-0.2, -0.15) is 0 Å². The first-order chi connectivity index (χ1) is 14.8. The van der Waals surface area contributed by atoms with Gasteiger partial charge < -0.3 is 24.0 Å². The van der Waals surface area contributed by atoms with E-state index >= 15 is 0 Å². The molecule has 1 aromatic rings. The fourth-order valence-electron chi connectivity index (χ4n) is 3.44. The highest BCUT2D eigenvalue weighted by Crippen LogP contribution is 2.37. The Kier molecular flexibility index (Phi) is 9.61. The number of esters is 1. The number of likely N-dealkylation sites (N-methyl/N-ethyl adjacent to an activating group) is 1. The van der Waals surface area contributed by atoms with Crippen LogP contribution in [0.15, 0.2) is 16.6 Å². The highest BCUT2D eigenvalue weighted by atomic mass is 79.9. The van der Waals surface area contributed by atoms with Gasteiger partial charge in [0.15, 0.2) is 11.5 Å². The molecular weight excluding hydrogens is 468 g/mol. The molecule has 1 unspecified atom stereocenters. The number of benzene rings is 1. The van der Waals surface area contributed by atoms with Crippen LogP contribution >= 0.6 is 15.9 Å². The molecule has 1 aliphatic heterocycles. The van der Waals surface area contributed by atoms with Gasteiger partial charge in [-0.3, -0.25) is 14.4 Å². The summed E-state index contributed by atoms with van der Waals surface area (Å²) in [6.45, 7) is 5.42. The van der Waals surface area contributed by atoms with Crippen LogP contribution in [0.1, 0.15) is 43.5 Å². The molecule has 1 heterocycles. The molecule has 1 atom stereocenters. The molecular formula is C22H31BrN2O6. The van der Waals surface area contributed by atoms with Crippen molar-refractivity contribution in [3.05, 3.63) is 22.2 Å². The third kappa shape index (κ3) is 6.59. The molecule has 2 amide bonds. The number of amides is 2. The van der Waals surface area contributed by atoms with Gasteiger partial charge in [0.25, 0.3) is 5.91 Å². The van der Waals surface area contributed by atoms with Gasteiger partial charge in [0.1, 0.15) is 0 Å². The Labute approximate surface area is 191 Å². The first-order valence-corrected chi connectivity index (χ1v) is 11.3. The van der Waals surface area contributed by atoms with Crippen molar-refractivity contribution in [2.24, 2.45) is 5.92 Å². The van der Waals surface area contributed by atoms with E-state index in [1.165, 1.54) is 12.0 Å². The van der Waals surface area contributed by atoms with Crippen molar-refractivity contribution in [1.82, 2.24) is 9.80 Å². The van der Waals surface area contributed by atoms with E-state index in [2.05, 4.69) is 15.9 Å². The summed E-state index contributed by atoms with van der Waals surface area (Å²) < 4.78 is 16.8. The maximum atomic E-state index is 12.9. The topological polar surface area (TPSA) is 85.4 Å². The molecule has 1 fully saturated rings. The lowest BCUT2D eigenvalue weighted by atomic mass is 9.98. The lowest BCUT2D eigenvalue weighted by molar-refractivity contribution is -0.151. The summed E-state index contributed by atoms with van der Waals surface area (Å²) in [6, 6.07) is 3.27. The number of piperidine rings is 1. The second-order valence-corrected chi connectivity index (χ2v) is 8.28. The van der Waals surface area contributed by atoms with E-state index in [0.29, 0.717) is 54.3 Å². The average Bonchev–Trinajstić information content (AvgIpc) is 2.77. The van der Waals surface area contributed by atoms with E-state index in [0.717, 1.165) is 12.8 Å². The van der Waals surface area contributed by atoms with Crippen molar-refractivity contribution >= 4 is 33.7 Å². The van der Waals surface area contributed by atoms with Crippen LogP contribution in [0.4, 0.5) is 0 Å². The summed E-state index contributed by atoms with van der Waals surface area (Å²) in [4.78, 5) is 40.7. The molecule has 0 radical (unpaired) electrons. The van der Waals surface area contributed by atoms with E-state index in [9.17, 15) is 14.4 Å². The highest BCUT2D eigenvalue weighted by Gasteiger charge is 2.30. The number of rotatable bonds is 9. The van der Waals surface area contributed by atoms with Crippen LogP contribution in [0.25, 0.3) is 0 Å². The second kappa shape index (κ2) is 11.9. The maximum absolute atomic E-state index is 12.9. The second-order valence-electron chi connectivity index (χ2n) is 7.43. The maximum Gasteiger partial charge on any atom is 0.310 e. The van der Waals surface area contributed by atoms with Crippen molar-refractivity contribution < 1.29 is 28.6 Å². The molecule has 0 aromatic heterocycles. The Morgan fingerprint density at radius 2 is 2.00 bits per heavy atom. The SMILES string of the molecule is CCCOc1c(Br)cc(C(=O)N(C)CC(=O)N2CCCC(C(=O)OCC)C2)cc1OC. The van der Waals surface area contributed by atoms with Crippen LogP contribution in [-0.4, -0.2) is 74.6 Å². The zero-order valence-electron chi connectivity index (χ0n) is 18.6. The number of likely N-dealkylation sites (tertiary alicyclic amines) is 1. The number of hydrogen-bond acceptors (Lipinski definition) is 6. The number of carbonyl (C=O) groups excluding carboxylic acids is 3. The van der Waals surface area contributed by atoms with E-state index in [-0.39, 0.29) is 30.2 Å². The van der Waals surface area contributed by atoms with Gasteiger partial charge >= 0.3 is 5.97 Å². The monoisotopic (exact) mass is 498 g/mol. The lowest BCUT2D eigenvalue weighted by Gasteiger charge is -2.32. The quantitative estimate of drug-likeness (QED) is 0.486. The number of halogens is 1. The molecule has 31 heavy (non-hydrogen) atoms. The molecule has 9 heteroatoms. The predicted molar refractivity (Wildman–Crippen MR) is 119 cm³/mol. The summed E-state index contributed by atoms with van der Waals surface area (Å²) in [5, 5.41) is 0. The number of nitrogens with zero attached hydrogens (tertiary/aromatic N) is 2. The summed E-state index contributed by atoms with van der Waals surface area (Å²) in [5.41, 5.74) is 0.380. The van der Waals surface area contributed by atoms with Crippen molar-refractivity contribution in [3.63, 3.8) is 0 Å². The zero-order valence-corrected chi connectivity index (χ0v) is 20.2. The molecule has 1 aromatic carbocycles. The van der Waals surface area contributed by atoms with E-state index in [4.69, 9.17) is 14.2 Å². The molecule has 2 rings (SSSR count). The number of ether oxygens (including phenoxy) is 3. The summed E-state index contributed by atoms with van der Waals surface area (Å²) in [6.07, 6.45) is 2.28. The average molecular weight is 499 g/mol. The van der Waals surface area contributed by atoms with Gasteiger partial charge in [0.05, 0.1) is 37.3 Å². The van der Waals surface area contributed by atoms with Gasteiger partial charge in [-0.25, -0.2) is 0 Å². The largest absolute Gasteiger partial charge is 0.493 e. The molecule has 0 N–H and O–H groups in total. The minimum absolute atomic E-state index is 0.0810. The van der Waals surface area contributed by atoms with E-state index < -0.39 is 0 Å². The van der Waals surface area contributed by atoms with Gasteiger partial charge in [-0.05, 0) is 54.2 Å². The van der Waals surface area contributed by atoms with E-state index in [1.54, 1.807) is 31.0 Å². The van der Waals surface area contributed by atoms with Crippen molar-refractivity contribution in [3.8, 4) is 11.5 Å². The molecule has 172 valence electrons. The summed E-state index contributed by atoms with van der Waals surface area (Å²) >= 11 is 3.44. The Balaban J connectivity index is 2.05. The van der Waals surface area contributed by atoms with Crippen LogP contribution in [0.3, 0.4) is 0 Å². The number of hydrogen-bond donors (Lipinski definition) is 0. The van der Waals surface area contributed by atoms with Crippen LogP contribution < -0.4 is 9.47 Å². The first-order valence-electron chi connectivity index (χ1n) is 10.5. The zero-order chi connectivity index (χ0) is 23.0. The van der Waals surface area contributed by atoms with Gasteiger partial charge in [0, 0.05) is 25.7 Å². The number of methoxy groups -OCH3 is 1. The first kappa shape index (κ1) is 25.0. The van der Waals surface area contributed by atoms with Gasteiger partial charge in [-0.15, -0.1) is 0 Å². The summed E-state index contributed by atoms with van der Waals surface area (Å²) in [7, 11) is 3.09. The molecule has 1 saturated heterocycles. The molecule has 1 aliphatic rings. The molecule has 0 bridgehead atoms. The van der Waals surface area contributed by atoms with Crippen LogP contribution in [0, 0.1) is 5.92 Å². The van der Waals surface area contributed by atoms with Crippen molar-refractivity contribution in [2.45, 2.75) is 33.1 Å². The minimum atomic E-state index is -0.312. The van der Waals surface area contributed by atoms with Crippen molar-refractivity contribution in [1.29, 1.82) is 0 Å².